The number of piperidine rings is 1. The Labute approximate surface area is 148 Å². The molecule has 1 aliphatic rings. The minimum absolute atomic E-state index is 0.0554. The van der Waals surface area contributed by atoms with Crippen molar-refractivity contribution in [3.05, 3.63) is 16.9 Å². The number of halogens is 1. The molecule has 0 aliphatic carbocycles. The van der Waals surface area contributed by atoms with Crippen molar-refractivity contribution in [2.75, 3.05) is 13.1 Å². The molecule has 0 unspecified atom stereocenters. The second-order valence-corrected chi connectivity index (χ2v) is 6.91. The standard InChI is InChI=1S/C15H21BrN4O4/c1-9(2)12(19-15(22)23)13(21)20-5-3-11(4-6-20)24-14-17-7-10(16)8-18-14/h7-9,11-12,19H,3-6H2,1-2H3,(H,22,23)/t12-/m0/s1. The monoisotopic (exact) mass is 400 g/mol. The summed E-state index contributed by atoms with van der Waals surface area (Å²) in [5.41, 5.74) is 0. The molecule has 2 amide bonds. The van der Waals surface area contributed by atoms with Crippen LogP contribution in [0.3, 0.4) is 0 Å². The lowest BCUT2D eigenvalue weighted by Crippen LogP contribution is -2.53. The van der Waals surface area contributed by atoms with Crippen molar-refractivity contribution in [2.24, 2.45) is 5.92 Å². The van der Waals surface area contributed by atoms with Gasteiger partial charge in [0.1, 0.15) is 12.1 Å². The molecule has 1 fully saturated rings. The number of hydrogen-bond donors (Lipinski definition) is 2. The van der Waals surface area contributed by atoms with Crippen molar-refractivity contribution in [1.29, 1.82) is 0 Å². The Balaban J connectivity index is 1.87. The molecule has 132 valence electrons. The van der Waals surface area contributed by atoms with E-state index in [1.54, 1.807) is 17.3 Å². The number of nitrogens with zero attached hydrogens (tertiary/aromatic N) is 3. The van der Waals surface area contributed by atoms with Crippen LogP contribution in [-0.2, 0) is 4.79 Å². The first-order chi connectivity index (χ1) is 11.4. The van der Waals surface area contributed by atoms with Gasteiger partial charge in [0.2, 0.25) is 5.91 Å². The van der Waals surface area contributed by atoms with E-state index in [0.29, 0.717) is 31.9 Å². The Morgan fingerprint density at radius 3 is 2.42 bits per heavy atom. The summed E-state index contributed by atoms with van der Waals surface area (Å²) in [5, 5.41) is 11.2. The van der Waals surface area contributed by atoms with Gasteiger partial charge in [0, 0.05) is 38.3 Å². The van der Waals surface area contributed by atoms with E-state index < -0.39 is 12.1 Å². The lowest BCUT2D eigenvalue weighted by Gasteiger charge is -2.34. The van der Waals surface area contributed by atoms with E-state index in [1.165, 1.54) is 0 Å². The summed E-state index contributed by atoms with van der Waals surface area (Å²) in [4.78, 5) is 33.2. The zero-order chi connectivity index (χ0) is 17.7. The van der Waals surface area contributed by atoms with Crippen molar-refractivity contribution in [1.82, 2.24) is 20.2 Å². The van der Waals surface area contributed by atoms with Gasteiger partial charge < -0.3 is 20.1 Å². The SMILES string of the molecule is CC(C)[C@H](NC(=O)O)C(=O)N1CCC(Oc2ncc(Br)cn2)CC1. The smallest absolute Gasteiger partial charge is 0.405 e. The molecule has 0 bridgehead atoms. The molecule has 0 saturated carbocycles. The zero-order valence-electron chi connectivity index (χ0n) is 13.6. The quantitative estimate of drug-likeness (QED) is 0.781. The normalized spacial score (nSPS) is 16.8. The minimum Gasteiger partial charge on any atom is -0.465 e. The van der Waals surface area contributed by atoms with Gasteiger partial charge in [0.15, 0.2) is 0 Å². The maximum Gasteiger partial charge on any atom is 0.405 e. The predicted octanol–water partition coefficient (Wildman–Crippen LogP) is 1.90. The molecule has 24 heavy (non-hydrogen) atoms. The molecule has 8 nitrogen and oxygen atoms in total. The maximum absolute atomic E-state index is 12.5. The molecular weight excluding hydrogens is 380 g/mol. The minimum atomic E-state index is -1.19. The number of ether oxygens (including phenoxy) is 1. The largest absolute Gasteiger partial charge is 0.465 e. The molecule has 2 N–H and O–H groups in total. The fraction of sp³-hybridized carbons (Fsp3) is 0.600. The molecule has 2 rings (SSSR count). The number of amides is 2. The zero-order valence-corrected chi connectivity index (χ0v) is 15.2. The van der Waals surface area contributed by atoms with Crippen molar-refractivity contribution in [3.63, 3.8) is 0 Å². The Hall–Kier alpha value is -1.90. The molecule has 1 aliphatic heterocycles. The summed E-state index contributed by atoms with van der Waals surface area (Å²) in [6, 6.07) is -0.412. The van der Waals surface area contributed by atoms with E-state index in [4.69, 9.17) is 9.84 Å². The Morgan fingerprint density at radius 2 is 1.92 bits per heavy atom. The molecule has 1 aromatic heterocycles. The van der Waals surface area contributed by atoms with E-state index in [-0.39, 0.29) is 17.9 Å². The van der Waals surface area contributed by atoms with E-state index in [0.717, 1.165) is 4.47 Å². The van der Waals surface area contributed by atoms with Gasteiger partial charge in [-0.15, -0.1) is 0 Å². The van der Waals surface area contributed by atoms with Crippen LogP contribution in [0.5, 0.6) is 6.01 Å². The number of hydrogen-bond acceptors (Lipinski definition) is 5. The number of aromatic nitrogens is 2. The summed E-state index contributed by atoms with van der Waals surface area (Å²) in [6.07, 6.45) is 3.30. The Morgan fingerprint density at radius 1 is 1.33 bits per heavy atom. The van der Waals surface area contributed by atoms with Crippen LogP contribution in [0.25, 0.3) is 0 Å². The molecule has 2 heterocycles. The maximum atomic E-state index is 12.5. The van der Waals surface area contributed by atoms with Crippen molar-refractivity contribution < 1.29 is 19.4 Å². The number of rotatable bonds is 5. The van der Waals surface area contributed by atoms with Gasteiger partial charge >= 0.3 is 12.1 Å². The molecule has 1 aromatic rings. The van der Waals surface area contributed by atoms with Crippen molar-refractivity contribution >= 4 is 27.9 Å². The third kappa shape index (κ3) is 5.05. The van der Waals surface area contributed by atoms with E-state index in [1.807, 2.05) is 13.8 Å². The van der Waals surface area contributed by atoms with Crippen LogP contribution in [0.1, 0.15) is 26.7 Å². The van der Waals surface area contributed by atoms with Gasteiger partial charge in [-0.05, 0) is 21.8 Å². The van der Waals surface area contributed by atoms with Crippen LogP contribution in [0, 0.1) is 5.92 Å². The van der Waals surface area contributed by atoms with Crippen molar-refractivity contribution in [2.45, 2.75) is 38.8 Å². The third-order valence-electron chi connectivity index (χ3n) is 3.83. The highest BCUT2D eigenvalue weighted by molar-refractivity contribution is 9.10. The van der Waals surface area contributed by atoms with Gasteiger partial charge in [-0.3, -0.25) is 4.79 Å². The van der Waals surface area contributed by atoms with Gasteiger partial charge in [-0.25, -0.2) is 14.8 Å². The number of likely N-dealkylation sites (tertiary alicyclic amines) is 1. The van der Waals surface area contributed by atoms with Gasteiger partial charge in [0.25, 0.3) is 0 Å². The highest BCUT2D eigenvalue weighted by Crippen LogP contribution is 2.18. The first kappa shape index (κ1) is 18.4. The molecule has 0 aromatic carbocycles. The Bertz CT molecular complexity index is 573. The topological polar surface area (TPSA) is 105 Å². The van der Waals surface area contributed by atoms with Gasteiger partial charge in [0.05, 0.1) is 4.47 Å². The lowest BCUT2D eigenvalue weighted by atomic mass is 10.0. The second kappa shape index (κ2) is 8.27. The van der Waals surface area contributed by atoms with Crippen LogP contribution in [0.2, 0.25) is 0 Å². The van der Waals surface area contributed by atoms with Crippen molar-refractivity contribution in [3.8, 4) is 6.01 Å². The number of carbonyl (C=O) groups excluding carboxylic acids is 1. The summed E-state index contributed by atoms with van der Waals surface area (Å²) < 4.78 is 6.50. The van der Waals surface area contributed by atoms with Crippen LogP contribution in [0.15, 0.2) is 16.9 Å². The Kier molecular flexibility index (Phi) is 6.36. The molecule has 0 spiro atoms. The van der Waals surface area contributed by atoms with E-state index in [9.17, 15) is 9.59 Å². The summed E-state index contributed by atoms with van der Waals surface area (Å²) in [6.45, 7) is 4.67. The fourth-order valence-corrected chi connectivity index (χ4v) is 2.75. The van der Waals surface area contributed by atoms with Crippen LogP contribution < -0.4 is 10.1 Å². The molecule has 9 heteroatoms. The highest BCUT2D eigenvalue weighted by Gasteiger charge is 2.31. The van der Waals surface area contributed by atoms with Crippen LogP contribution >= 0.6 is 15.9 Å². The van der Waals surface area contributed by atoms with Crippen LogP contribution in [0.4, 0.5) is 4.79 Å². The van der Waals surface area contributed by atoms with E-state index in [2.05, 4.69) is 31.2 Å². The molecule has 0 radical (unpaired) electrons. The first-order valence-electron chi connectivity index (χ1n) is 7.79. The highest BCUT2D eigenvalue weighted by atomic mass is 79.9. The predicted molar refractivity (Wildman–Crippen MR) is 89.7 cm³/mol. The number of carbonyl (C=O) groups is 2. The molecule has 1 atom stereocenters. The average Bonchev–Trinajstić information content (AvgIpc) is 2.54. The third-order valence-corrected chi connectivity index (χ3v) is 4.24. The van der Waals surface area contributed by atoms with Crippen LogP contribution in [-0.4, -0.2) is 57.2 Å². The van der Waals surface area contributed by atoms with E-state index >= 15 is 0 Å². The average molecular weight is 401 g/mol. The fourth-order valence-electron chi connectivity index (χ4n) is 2.55. The lowest BCUT2D eigenvalue weighted by molar-refractivity contribution is -0.136. The summed E-state index contributed by atoms with van der Waals surface area (Å²) in [7, 11) is 0. The molecular formula is C15H21BrN4O4. The number of carboxylic acid groups (broad SMARTS) is 1. The second-order valence-electron chi connectivity index (χ2n) is 6.00. The molecule has 1 saturated heterocycles. The van der Waals surface area contributed by atoms with Gasteiger partial charge in [-0.2, -0.15) is 0 Å². The first-order valence-corrected chi connectivity index (χ1v) is 8.58. The number of nitrogens with one attached hydrogen (secondary N) is 1. The summed E-state index contributed by atoms with van der Waals surface area (Å²) >= 11 is 3.26. The van der Waals surface area contributed by atoms with Gasteiger partial charge in [-0.1, -0.05) is 13.8 Å². The summed E-state index contributed by atoms with van der Waals surface area (Å²) in [5.74, 6) is -0.301.